The predicted molar refractivity (Wildman–Crippen MR) is 271 cm³/mol. The lowest BCUT2D eigenvalue weighted by atomic mass is 9.94. The van der Waals surface area contributed by atoms with Crippen LogP contribution in [0.1, 0.15) is 76.2 Å². The van der Waals surface area contributed by atoms with Crippen molar-refractivity contribution in [3.63, 3.8) is 0 Å². The first-order chi connectivity index (χ1) is 36.9. The number of nitrogens with one attached hydrogen (secondary N) is 8. The van der Waals surface area contributed by atoms with Crippen molar-refractivity contribution in [2.75, 3.05) is 31.9 Å². The maximum Gasteiger partial charge on any atom is 0.326 e. The zero-order valence-corrected chi connectivity index (χ0v) is 42.8. The minimum atomic E-state index is -1.98. The quantitative estimate of drug-likeness (QED) is 0.0266. The van der Waals surface area contributed by atoms with Crippen LogP contribution in [0.15, 0.2) is 42.5 Å². The summed E-state index contributed by atoms with van der Waals surface area (Å²) in [5.41, 5.74) is 0.715. The molecule has 2 aromatic carbocycles. The summed E-state index contributed by atoms with van der Waals surface area (Å²) in [6.07, 6.45) is -3.78. The third kappa shape index (κ3) is 22.7. The van der Waals surface area contributed by atoms with Crippen LogP contribution in [-0.2, 0) is 68.7 Å². The molecule has 2 aromatic rings. The van der Waals surface area contributed by atoms with Crippen molar-refractivity contribution in [1.82, 2.24) is 47.4 Å². The second-order valence-corrected chi connectivity index (χ2v) is 18.3. The fourth-order valence-corrected chi connectivity index (χ4v) is 8.04. The number of carbonyl (C=O) groups is 14. The Bertz CT molecular complexity index is 2560. The van der Waals surface area contributed by atoms with Gasteiger partial charge in [-0.25, -0.2) is 14.4 Å². The average molecular weight is 1120 g/mol. The predicted octanol–water partition coefficient (Wildman–Crippen LogP) is -2.22. The summed E-state index contributed by atoms with van der Waals surface area (Å²) in [4.78, 5) is 174. The van der Waals surface area contributed by atoms with E-state index in [4.69, 9.17) is 5.11 Å². The summed E-state index contributed by atoms with van der Waals surface area (Å²) < 4.78 is 0. The van der Waals surface area contributed by atoms with Crippen molar-refractivity contribution in [3.8, 4) is 0 Å². The van der Waals surface area contributed by atoms with E-state index in [1.54, 1.807) is 0 Å². The van der Waals surface area contributed by atoms with E-state index in [9.17, 15) is 92.7 Å². The molecule has 1 saturated heterocycles. The molecule has 6 atom stereocenters. The highest BCUT2D eigenvalue weighted by Crippen LogP contribution is 2.20. The van der Waals surface area contributed by atoms with Gasteiger partial charge < -0.3 is 78.1 Å². The van der Waals surface area contributed by atoms with Crippen molar-refractivity contribution in [2.45, 2.75) is 113 Å². The summed E-state index contributed by atoms with van der Waals surface area (Å²) in [6, 6.07) is 2.15. The maximum absolute atomic E-state index is 13.7. The lowest BCUT2D eigenvalue weighted by molar-refractivity contribution is -0.144. The fraction of sp³-hybridized carbons (Fsp3) is 0.500. The number of piperidine rings is 1. The van der Waals surface area contributed by atoms with E-state index in [-0.39, 0.29) is 71.1 Å². The van der Waals surface area contributed by atoms with Crippen molar-refractivity contribution < 1.29 is 97.8 Å². The van der Waals surface area contributed by atoms with Gasteiger partial charge in [0.05, 0.1) is 25.0 Å². The summed E-state index contributed by atoms with van der Waals surface area (Å²) in [6.45, 7) is -0.164. The van der Waals surface area contributed by atoms with E-state index < -0.39 is 163 Å². The van der Waals surface area contributed by atoms with Gasteiger partial charge in [0.2, 0.25) is 41.4 Å². The molecule has 426 valence electrons. The Hall–Kier alpha value is -8.57. The minimum absolute atomic E-state index is 0.0265. The number of carboxylic acid groups (broad SMARTS) is 6. The maximum atomic E-state index is 13.7. The number of amides is 9. The van der Waals surface area contributed by atoms with Crippen LogP contribution < -0.4 is 42.5 Å². The number of fused-ring (bicyclic) bond motifs is 1. The van der Waals surface area contributed by atoms with E-state index in [0.717, 1.165) is 10.8 Å². The third-order valence-corrected chi connectivity index (χ3v) is 12.3. The molecular formula is C48H63N9O20S. The molecule has 30 heteroatoms. The van der Waals surface area contributed by atoms with E-state index in [1.807, 2.05) is 58.4 Å². The first-order valence-electron chi connectivity index (χ1n) is 24.4. The van der Waals surface area contributed by atoms with Gasteiger partial charge in [-0.3, -0.25) is 52.7 Å². The summed E-state index contributed by atoms with van der Waals surface area (Å²) in [5.74, 6) is -16.2. The van der Waals surface area contributed by atoms with Gasteiger partial charge in [0, 0.05) is 51.4 Å². The number of benzene rings is 2. The number of aliphatic carboxylic acids is 6. The van der Waals surface area contributed by atoms with Crippen molar-refractivity contribution >= 4 is 107 Å². The van der Waals surface area contributed by atoms with Gasteiger partial charge in [0.1, 0.15) is 36.3 Å². The largest absolute Gasteiger partial charge is 0.481 e. The molecule has 0 spiro atoms. The zero-order valence-electron chi connectivity index (χ0n) is 41.9. The van der Waals surface area contributed by atoms with Crippen LogP contribution in [-0.4, -0.2) is 187 Å². The minimum Gasteiger partial charge on any atom is -0.481 e. The molecule has 1 aliphatic heterocycles. The van der Waals surface area contributed by atoms with Crippen LogP contribution in [0.4, 0.5) is 4.79 Å². The van der Waals surface area contributed by atoms with Crippen LogP contribution in [0.2, 0.25) is 0 Å². The number of carbonyl (C=O) groups excluding carboxylic acids is 8. The zero-order chi connectivity index (χ0) is 58.1. The van der Waals surface area contributed by atoms with E-state index in [0.29, 0.717) is 5.56 Å². The number of rotatable bonds is 33. The van der Waals surface area contributed by atoms with Crippen LogP contribution in [0.3, 0.4) is 0 Å². The number of nitrogens with zero attached hydrogens (tertiary/aromatic N) is 1. The van der Waals surface area contributed by atoms with Gasteiger partial charge >= 0.3 is 41.8 Å². The first kappa shape index (κ1) is 63.7. The molecule has 3 rings (SSSR count). The lowest BCUT2D eigenvalue weighted by Gasteiger charge is -2.32. The Kier molecular flexibility index (Phi) is 26.2. The molecule has 0 aliphatic carbocycles. The third-order valence-electron chi connectivity index (χ3n) is 12.0. The second kappa shape index (κ2) is 32.1. The average Bonchev–Trinajstić information content (AvgIpc) is 3.38. The fourth-order valence-electron chi connectivity index (χ4n) is 7.95. The Balaban J connectivity index is 1.58. The van der Waals surface area contributed by atoms with Crippen molar-refractivity contribution in [1.29, 1.82) is 0 Å². The number of unbranched alkanes of at least 4 members (excludes halogenated alkanes) is 1. The molecule has 9 amide bonds. The normalized spacial score (nSPS) is 14.6. The smallest absolute Gasteiger partial charge is 0.326 e. The number of urea groups is 1. The summed E-state index contributed by atoms with van der Waals surface area (Å²) in [7, 11) is 0. The molecule has 0 saturated carbocycles. The van der Waals surface area contributed by atoms with Gasteiger partial charge in [-0.05, 0) is 54.9 Å². The summed E-state index contributed by atoms with van der Waals surface area (Å²) >= 11 is 3.73. The van der Waals surface area contributed by atoms with Crippen molar-refractivity contribution in [3.05, 3.63) is 48.0 Å². The van der Waals surface area contributed by atoms with Crippen LogP contribution >= 0.6 is 12.6 Å². The Morgan fingerprint density at radius 3 is 1.58 bits per heavy atom. The van der Waals surface area contributed by atoms with E-state index >= 15 is 0 Å². The van der Waals surface area contributed by atoms with Gasteiger partial charge in [-0.15, -0.1) is 0 Å². The first-order valence-corrected chi connectivity index (χ1v) is 25.0. The van der Waals surface area contributed by atoms with E-state index in [1.165, 1.54) is 4.90 Å². The molecule has 0 aromatic heterocycles. The summed E-state index contributed by atoms with van der Waals surface area (Å²) in [5, 5.41) is 75.8. The lowest BCUT2D eigenvalue weighted by Crippen LogP contribution is -2.58. The van der Waals surface area contributed by atoms with Crippen LogP contribution in [0.5, 0.6) is 0 Å². The number of hydrogen-bond acceptors (Lipinski definition) is 15. The molecule has 1 aliphatic rings. The number of likely N-dealkylation sites (tertiary alicyclic amines) is 1. The van der Waals surface area contributed by atoms with Crippen LogP contribution in [0, 0.1) is 5.92 Å². The Labute approximate surface area is 449 Å². The Morgan fingerprint density at radius 2 is 1.04 bits per heavy atom. The molecular weight excluding hydrogens is 1050 g/mol. The van der Waals surface area contributed by atoms with Gasteiger partial charge in [-0.1, -0.05) is 42.5 Å². The molecule has 1 heterocycles. The van der Waals surface area contributed by atoms with Gasteiger partial charge in [0.15, 0.2) is 0 Å². The molecule has 0 radical (unpaired) electrons. The highest BCUT2D eigenvalue weighted by Gasteiger charge is 2.34. The highest BCUT2D eigenvalue weighted by atomic mass is 32.1. The molecule has 78 heavy (non-hydrogen) atoms. The number of carboxylic acids is 6. The van der Waals surface area contributed by atoms with Gasteiger partial charge in [0.25, 0.3) is 0 Å². The molecule has 0 bridgehead atoms. The van der Waals surface area contributed by atoms with Crippen molar-refractivity contribution in [2.24, 2.45) is 5.92 Å². The second-order valence-electron chi connectivity index (χ2n) is 18.0. The molecule has 14 N–H and O–H groups in total. The van der Waals surface area contributed by atoms with Gasteiger partial charge in [-0.2, -0.15) is 12.6 Å². The monoisotopic (exact) mass is 1120 g/mol. The van der Waals surface area contributed by atoms with E-state index in [2.05, 4.69) is 39.2 Å². The standard InChI is InChI=1S/C48H63N9O20S/c58-35(24-78)51-33(22-39(64)65)44(71)54-34(23-40(66)67)45(72)53-32(21-38(62)63)43(70)50-16-12-36(59)57-17-13-27(14-18-57)41(68)52-31(20-25-8-9-26-5-1-2-6-28(26)19-25)42(69)49-15-4-3-7-29(46(73)74)55-48(77)56-30(47(75)76)10-11-37(60)61/h1-2,5-6,8-9,19,27,29-34,78H,3-4,7,10-18,20-24H2,(H,49,69)(H,50,70)(H,51,58)(H,52,68)(H,53,72)(H,54,71)(H,60,61)(H,62,63)(H,64,65)(H,66,67)(H,73,74)(H,75,76)(H2,55,56,77). The topological polar surface area (TPSA) is 460 Å². The van der Waals surface area contributed by atoms with Crippen LogP contribution in [0.25, 0.3) is 10.8 Å². The molecule has 6 unspecified atom stereocenters. The number of thiol groups is 1. The highest BCUT2D eigenvalue weighted by molar-refractivity contribution is 7.81. The number of hydrogen-bond donors (Lipinski definition) is 15. The molecule has 1 fully saturated rings. The SMILES string of the molecule is O=C(O)CCC(NC(=O)NC(CCCCNC(=O)C(Cc1ccc2ccccc2c1)NC(=O)C1CCN(C(=O)CCNC(=O)C(CC(=O)O)NC(=O)C(CC(=O)O)NC(=O)C(CC(=O)O)NC(=O)CS)CC1)C(=O)O)C(=O)O. The Morgan fingerprint density at radius 1 is 0.526 bits per heavy atom. The molecule has 29 nitrogen and oxygen atoms in total.